The first-order valence-electron chi connectivity index (χ1n) is 9.85. The lowest BCUT2D eigenvalue weighted by Gasteiger charge is -2.26. The Hall–Kier alpha value is -3.27. The maximum Gasteiger partial charge on any atom is 0.410 e. The van der Waals surface area contributed by atoms with Crippen molar-refractivity contribution in [2.45, 2.75) is 26.0 Å². The summed E-state index contributed by atoms with van der Waals surface area (Å²) in [5, 5.41) is 3.16. The summed E-state index contributed by atoms with van der Waals surface area (Å²) in [4.78, 5) is 39.8. The first-order valence-corrected chi connectivity index (χ1v) is 10.7. The molecule has 0 fully saturated rings. The average molecular weight is 446 g/mol. The van der Waals surface area contributed by atoms with Gasteiger partial charge in [-0.05, 0) is 31.0 Å². The third-order valence-electron chi connectivity index (χ3n) is 5.01. The number of methoxy groups -OCH3 is 1. The highest BCUT2D eigenvalue weighted by Gasteiger charge is 2.33. The van der Waals surface area contributed by atoms with E-state index in [0.29, 0.717) is 41.6 Å². The number of benzene rings is 1. The largest absolute Gasteiger partial charge is 0.485 e. The van der Waals surface area contributed by atoms with Gasteiger partial charge in [0.2, 0.25) is 6.10 Å². The topological polar surface area (TPSA) is 103 Å². The van der Waals surface area contributed by atoms with E-state index in [-0.39, 0.29) is 13.2 Å². The van der Waals surface area contributed by atoms with Crippen molar-refractivity contribution in [2.24, 2.45) is 0 Å². The van der Waals surface area contributed by atoms with Crippen molar-refractivity contribution in [1.29, 1.82) is 0 Å². The summed E-state index contributed by atoms with van der Waals surface area (Å²) in [6, 6.07) is 7.10. The van der Waals surface area contributed by atoms with Gasteiger partial charge < -0.3 is 29.2 Å². The molecule has 0 radical (unpaired) electrons. The second-order valence-electron chi connectivity index (χ2n) is 6.92. The minimum atomic E-state index is -0.865. The van der Waals surface area contributed by atoms with Gasteiger partial charge in [-0.2, -0.15) is 0 Å². The Labute approximate surface area is 182 Å². The van der Waals surface area contributed by atoms with Crippen molar-refractivity contribution in [3.05, 3.63) is 40.3 Å². The molecule has 3 heterocycles. The highest BCUT2D eigenvalue weighted by molar-refractivity contribution is 7.17. The zero-order chi connectivity index (χ0) is 22.0. The number of thiophene rings is 1. The number of fused-ring (bicyclic) bond motifs is 2. The number of nitrogens with zero attached hydrogens (tertiary/aromatic N) is 1. The molecule has 0 unspecified atom stereocenters. The molecule has 1 aromatic carbocycles. The number of carbonyl (C=O) groups excluding carboxylic acids is 3. The monoisotopic (exact) mass is 446 g/mol. The van der Waals surface area contributed by atoms with Gasteiger partial charge in [0.05, 0.1) is 25.8 Å². The normalized spacial score (nSPS) is 16.8. The van der Waals surface area contributed by atoms with Gasteiger partial charge >= 0.3 is 12.1 Å². The fourth-order valence-electron chi connectivity index (χ4n) is 3.52. The Kier molecular flexibility index (Phi) is 5.99. The first kappa shape index (κ1) is 21.0. The lowest BCUT2D eigenvalue weighted by Crippen LogP contribution is -2.40. The molecule has 0 saturated carbocycles. The number of nitrogens with one attached hydrogen (secondary N) is 1. The van der Waals surface area contributed by atoms with Crippen molar-refractivity contribution in [2.75, 3.05) is 32.2 Å². The minimum Gasteiger partial charge on any atom is -0.485 e. The van der Waals surface area contributed by atoms with E-state index in [4.69, 9.17) is 18.9 Å². The standard InChI is InChI=1S/C21H22N2O7S/c1-3-28-21(26)23-9-8-12-16(10-23)31-19(17(12)20(25)27-2)22-18(24)15-11-29-13-6-4-5-7-14(13)30-15/h4-7,15H,3,8-11H2,1-2H3,(H,22,24)/t15-/m0/s1. The first-order chi connectivity index (χ1) is 15.0. The molecule has 2 aliphatic heterocycles. The molecule has 0 spiro atoms. The van der Waals surface area contributed by atoms with Crippen LogP contribution < -0.4 is 14.8 Å². The van der Waals surface area contributed by atoms with Crippen LogP contribution in [0.4, 0.5) is 9.80 Å². The van der Waals surface area contributed by atoms with Crippen LogP contribution in [0.2, 0.25) is 0 Å². The molecule has 0 aliphatic carbocycles. The van der Waals surface area contributed by atoms with Gasteiger partial charge in [0.25, 0.3) is 5.91 Å². The Bertz CT molecular complexity index is 1020. The molecule has 1 N–H and O–H groups in total. The van der Waals surface area contributed by atoms with Gasteiger partial charge in [-0.3, -0.25) is 4.79 Å². The van der Waals surface area contributed by atoms with Gasteiger partial charge in [0.1, 0.15) is 11.6 Å². The summed E-state index contributed by atoms with van der Waals surface area (Å²) < 4.78 is 21.4. The van der Waals surface area contributed by atoms with Crippen LogP contribution in [0.15, 0.2) is 24.3 Å². The molecule has 0 bridgehead atoms. The van der Waals surface area contributed by atoms with E-state index in [9.17, 15) is 14.4 Å². The van der Waals surface area contributed by atoms with Crippen LogP contribution >= 0.6 is 11.3 Å². The predicted molar refractivity (Wildman–Crippen MR) is 112 cm³/mol. The van der Waals surface area contributed by atoms with E-state index in [1.54, 1.807) is 30.0 Å². The van der Waals surface area contributed by atoms with Crippen LogP contribution in [0.5, 0.6) is 11.5 Å². The zero-order valence-electron chi connectivity index (χ0n) is 17.1. The molecule has 9 nitrogen and oxygen atoms in total. The molecule has 1 aromatic heterocycles. The van der Waals surface area contributed by atoms with E-state index in [1.165, 1.54) is 18.4 Å². The number of hydrogen-bond donors (Lipinski definition) is 1. The van der Waals surface area contributed by atoms with Gasteiger partial charge in [-0.25, -0.2) is 9.59 Å². The van der Waals surface area contributed by atoms with Crippen LogP contribution in [0.1, 0.15) is 27.7 Å². The lowest BCUT2D eigenvalue weighted by atomic mass is 10.0. The Morgan fingerprint density at radius 1 is 1.26 bits per heavy atom. The molecule has 2 aromatic rings. The molecule has 2 aliphatic rings. The molecule has 31 heavy (non-hydrogen) atoms. The maximum absolute atomic E-state index is 12.9. The SMILES string of the molecule is CCOC(=O)N1CCc2c(sc(NC(=O)[C@@H]3COc4ccccc4O3)c2C(=O)OC)C1. The Balaban J connectivity index is 1.55. The average Bonchev–Trinajstić information content (AvgIpc) is 3.15. The zero-order valence-corrected chi connectivity index (χ0v) is 18.0. The second kappa shape index (κ2) is 8.84. The third kappa shape index (κ3) is 4.15. The summed E-state index contributed by atoms with van der Waals surface area (Å²) in [6.45, 7) is 2.80. The fourth-order valence-corrected chi connectivity index (χ4v) is 4.78. The number of anilines is 1. The molecule has 164 valence electrons. The molecule has 4 rings (SSSR count). The number of carbonyl (C=O) groups is 3. The summed E-state index contributed by atoms with van der Waals surface area (Å²) in [5.74, 6) is 0.0918. The highest BCUT2D eigenvalue weighted by atomic mass is 32.1. The van der Waals surface area contributed by atoms with E-state index in [1.807, 2.05) is 6.07 Å². The Morgan fingerprint density at radius 2 is 2.03 bits per heavy atom. The third-order valence-corrected chi connectivity index (χ3v) is 6.14. The number of rotatable bonds is 4. The Morgan fingerprint density at radius 3 is 2.77 bits per heavy atom. The second-order valence-corrected chi connectivity index (χ2v) is 8.03. The van der Waals surface area contributed by atoms with Crippen LogP contribution in [0.25, 0.3) is 0 Å². The van der Waals surface area contributed by atoms with E-state index in [0.717, 1.165) is 10.4 Å². The molecule has 0 saturated heterocycles. The number of hydrogen-bond acceptors (Lipinski definition) is 8. The van der Waals surface area contributed by atoms with E-state index < -0.39 is 24.1 Å². The molecular weight excluding hydrogens is 424 g/mol. The summed E-state index contributed by atoms with van der Waals surface area (Å²) in [5.41, 5.74) is 1.09. The quantitative estimate of drug-likeness (QED) is 0.721. The van der Waals surface area contributed by atoms with Crippen LogP contribution in [0.3, 0.4) is 0 Å². The summed E-state index contributed by atoms with van der Waals surface area (Å²) in [7, 11) is 1.29. The molecule has 10 heteroatoms. The lowest BCUT2D eigenvalue weighted by molar-refractivity contribution is -0.125. The highest BCUT2D eigenvalue weighted by Crippen LogP contribution is 2.38. The summed E-state index contributed by atoms with van der Waals surface area (Å²) in [6.07, 6.45) is -0.810. The van der Waals surface area contributed by atoms with E-state index in [2.05, 4.69) is 5.32 Å². The smallest absolute Gasteiger partial charge is 0.410 e. The molecule has 1 atom stereocenters. The van der Waals surface area contributed by atoms with Crippen LogP contribution in [-0.2, 0) is 27.2 Å². The predicted octanol–water partition coefficient (Wildman–Crippen LogP) is 2.83. The van der Waals surface area contributed by atoms with Gasteiger partial charge in [0.15, 0.2) is 11.5 Å². The number of ether oxygens (including phenoxy) is 4. The summed E-state index contributed by atoms with van der Waals surface area (Å²) >= 11 is 1.24. The maximum atomic E-state index is 12.9. The fraction of sp³-hybridized carbons (Fsp3) is 0.381. The minimum absolute atomic E-state index is 0.0537. The number of amides is 2. The van der Waals surface area contributed by atoms with E-state index >= 15 is 0 Å². The van der Waals surface area contributed by atoms with Crippen molar-refractivity contribution in [1.82, 2.24) is 4.90 Å². The molecular formula is C21H22N2O7S. The van der Waals surface area contributed by atoms with Crippen molar-refractivity contribution < 1.29 is 33.3 Å². The van der Waals surface area contributed by atoms with Gasteiger partial charge in [0, 0.05) is 11.4 Å². The van der Waals surface area contributed by atoms with Crippen LogP contribution in [0, 0.1) is 0 Å². The van der Waals surface area contributed by atoms with Crippen molar-refractivity contribution in [3.8, 4) is 11.5 Å². The number of para-hydroxylation sites is 2. The van der Waals surface area contributed by atoms with Crippen molar-refractivity contribution in [3.63, 3.8) is 0 Å². The van der Waals surface area contributed by atoms with Gasteiger partial charge in [-0.1, -0.05) is 12.1 Å². The van der Waals surface area contributed by atoms with Gasteiger partial charge in [-0.15, -0.1) is 11.3 Å². The van der Waals surface area contributed by atoms with Crippen molar-refractivity contribution >= 4 is 34.3 Å². The van der Waals surface area contributed by atoms with Crippen LogP contribution in [-0.4, -0.2) is 55.8 Å². The number of esters is 1. The molecule has 2 amide bonds.